The predicted molar refractivity (Wildman–Crippen MR) is 101 cm³/mol. The van der Waals surface area contributed by atoms with E-state index in [-0.39, 0.29) is 11.9 Å². The molecular formula is C21H21N3O. The summed E-state index contributed by atoms with van der Waals surface area (Å²) in [7, 11) is 1.81. The highest BCUT2D eigenvalue weighted by Crippen LogP contribution is 2.19. The first-order valence-electron chi connectivity index (χ1n) is 8.28. The van der Waals surface area contributed by atoms with Crippen molar-refractivity contribution < 1.29 is 4.79 Å². The van der Waals surface area contributed by atoms with Gasteiger partial charge in [0, 0.05) is 13.1 Å². The van der Waals surface area contributed by atoms with Gasteiger partial charge in [-0.1, -0.05) is 42.0 Å². The number of rotatable bonds is 4. The number of benzene rings is 2. The number of carbonyl (C=O) groups excluding carboxylic acids is 1. The minimum absolute atomic E-state index is 0.000405. The molecule has 4 nitrogen and oxygen atoms in total. The summed E-state index contributed by atoms with van der Waals surface area (Å²) in [5, 5.41) is 0. The molecule has 1 atom stereocenters. The molecule has 0 aliphatic carbocycles. The summed E-state index contributed by atoms with van der Waals surface area (Å²) < 4.78 is 0. The van der Waals surface area contributed by atoms with E-state index in [2.05, 4.69) is 41.2 Å². The molecule has 1 unspecified atom stereocenters. The highest BCUT2D eigenvalue weighted by Gasteiger charge is 2.15. The van der Waals surface area contributed by atoms with Gasteiger partial charge in [0.05, 0.1) is 29.0 Å². The molecule has 0 spiro atoms. The Balaban J connectivity index is 1.73. The molecule has 0 fully saturated rings. The van der Waals surface area contributed by atoms with Crippen LogP contribution in [0.2, 0.25) is 0 Å². The second-order valence-electron chi connectivity index (χ2n) is 6.15. The fraction of sp³-hybridized carbons (Fsp3) is 0.190. The van der Waals surface area contributed by atoms with Gasteiger partial charge in [-0.25, -0.2) is 4.98 Å². The van der Waals surface area contributed by atoms with Crippen LogP contribution >= 0.6 is 0 Å². The first-order chi connectivity index (χ1) is 12.0. The fourth-order valence-corrected chi connectivity index (χ4v) is 2.59. The number of hydrogen-bond acceptors (Lipinski definition) is 3. The average Bonchev–Trinajstić information content (AvgIpc) is 2.65. The van der Waals surface area contributed by atoms with Gasteiger partial charge in [-0.15, -0.1) is 0 Å². The summed E-state index contributed by atoms with van der Waals surface area (Å²) in [6.45, 7) is 4.07. The topological polar surface area (TPSA) is 46.1 Å². The summed E-state index contributed by atoms with van der Waals surface area (Å²) in [4.78, 5) is 23.0. The average molecular weight is 331 g/mol. The van der Waals surface area contributed by atoms with Gasteiger partial charge in [-0.2, -0.15) is 0 Å². The van der Waals surface area contributed by atoms with Crippen molar-refractivity contribution in [3.8, 4) is 0 Å². The Morgan fingerprint density at radius 3 is 2.48 bits per heavy atom. The molecule has 2 aromatic carbocycles. The van der Waals surface area contributed by atoms with E-state index in [1.54, 1.807) is 23.2 Å². The third-order valence-corrected chi connectivity index (χ3v) is 4.35. The molecule has 0 aliphatic rings. The zero-order valence-corrected chi connectivity index (χ0v) is 14.7. The second-order valence-corrected chi connectivity index (χ2v) is 6.15. The normalized spacial score (nSPS) is 12.4. The quantitative estimate of drug-likeness (QED) is 0.674. The molecule has 1 heterocycles. The number of nitrogens with zero attached hydrogens (tertiary/aromatic N) is 3. The Morgan fingerprint density at radius 2 is 1.76 bits per heavy atom. The first kappa shape index (κ1) is 16.8. The van der Waals surface area contributed by atoms with Crippen molar-refractivity contribution in [3.63, 3.8) is 0 Å². The Labute approximate surface area is 147 Å². The van der Waals surface area contributed by atoms with Gasteiger partial charge >= 0.3 is 0 Å². The molecule has 25 heavy (non-hydrogen) atoms. The molecule has 0 radical (unpaired) electrons. The maximum absolute atomic E-state index is 12.5. The molecule has 0 aliphatic heterocycles. The molecule has 3 rings (SSSR count). The van der Waals surface area contributed by atoms with Crippen molar-refractivity contribution in [2.75, 3.05) is 7.05 Å². The molecule has 0 bridgehead atoms. The third-order valence-electron chi connectivity index (χ3n) is 4.35. The monoisotopic (exact) mass is 331 g/mol. The van der Waals surface area contributed by atoms with Crippen LogP contribution in [0, 0.1) is 6.92 Å². The van der Waals surface area contributed by atoms with E-state index in [0.29, 0.717) is 5.69 Å². The Kier molecular flexibility index (Phi) is 4.89. The molecule has 0 saturated carbocycles. The molecular weight excluding hydrogens is 310 g/mol. The zero-order chi connectivity index (χ0) is 17.8. The predicted octanol–water partition coefficient (Wildman–Crippen LogP) is 4.17. The molecule has 126 valence electrons. The number of hydrogen-bond donors (Lipinski definition) is 0. The standard InChI is InChI=1S/C21H21N3O/c1-15-8-10-17(11-9-15)16(2)24(3)21(25)13-12-18-14-22-19-6-4-5-7-20(19)23-18/h4-14,16H,1-3H3/b13-12+. The van der Waals surface area contributed by atoms with E-state index in [1.807, 2.05) is 38.2 Å². The number of fused-ring (bicyclic) bond motifs is 1. The number of amides is 1. The van der Waals surface area contributed by atoms with Gasteiger partial charge in [-0.05, 0) is 37.6 Å². The van der Waals surface area contributed by atoms with E-state index in [1.165, 1.54) is 5.56 Å². The number of aryl methyl sites for hydroxylation is 1. The Bertz CT molecular complexity index is 916. The number of aromatic nitrogens is 2. The van der Waals surface area contributed by atoms with Gasteiger partial charge in [-0.3, -0.25) is 9.78 Å². The lowest BCUT2D eigenvalue weighted by Gasteiger charge is -2.24. The van der Waals surface area contributed by atoms with Crippen molar-refractivity contribution in [2.45, 2.75) is 19.9 Å². The van der Waals surface area contributed by atoms with Crippen LogP contribution in [0.25, 0.3) is 17.1 Å². The SMILES string of the molecule is Cc1ccc(C(C)N(C)C(=O)/C=C/c2cnc3ccccc3n2)cc1. The highest BCUT2D eigenvalue weighted by atomic mass is 16.2. The van der Waals surface area contributed by atoms with Crippen molar-refractivity contribution in [1.82, 2.24) is 14.9 Å². The van der Waals surface area contributed by atoms with E-state index < -0.39 is 0 Å². The van der Waals surface area contributed by atoms with Crippen LogP contribution in [0.4, 0.5) is 0 Å². The van der Waals surface area contributed by atoms with Crippen LogP contribution in [-0.2, 0) is 4.79 Å². The molecule has 4 heteroatoms. The van der Waals surface area contributed by atoms with E-state index >= 15 is 0 Å². The van der Waals surface area contributed by atoms with E-state index in [9.17, 15) is 4.79 Å². The summed E-state index contributed by atoms with van der Waals surface area (Å²) in [5.74, 6) is -0.0666. The first-order valence-corrected chi connectivity index (χ1v) is 8.28. The smallest absolute Gasteiger partial charge is 0.246 e. The fourth-order valence-electron chi connectivity index (χ4n) is 2.59. The number of carbonyl (C=O) groups is 1. The summed E-state index contributed by atoms with van der Waals surface area (Å²) in [6.07, 6.45) is 4.93. The Morgan fingerprint density at radius 1 is 1.08 bits per heavy atom. The second kappa shape index (κ2) is 7.26. The minimum atomic E-state index is -0.0666. The van der Waals surface area contributed by atoms with Crippen LogP contribution in [0.1, 0.15) is 29.8 Å². The van der Waals surface area contributed by atoms with Gasteiger partial charge in [0.2, 0.25) is 5.91 Å². The summed E-state index contributed by atoms with van der Waals surface area (Å²) in [5.41, 5.74) is 4.65. The van der Waals surface area contributed by atoms with Gasteiger partial charge in [0.15, 0.2) is 0 Å². The number of likely N-dealkylation sites (N-methyl/N-ethyl adjacent to an activating group) is 1. The van der Waals surface area contributed by atoms with Crippen LogP contribution in [0.3, 0.4) is 0 Å². The summed E-state index contributed by atoms with van der Waals surface area (Å²) >= 11 is 0. The lowest BCUT2D eigenvalue weighted by Crippen LogP contribution is -2.27. The van der Waals surface area contributed by atoms with Crippen molar-refractivity contribution >= 4 is 23.0 Å². The molecule has 0 saturated heterocycles. The van der Waals surface area contributed by atoms with E-state index in [4.69, 9.17) is 0 Å². The van der Waals surface area contributed by atoms with Crippen molar-refractivity contribution in [1.29, 1.82) is 0 Å². The zero-order valence-electron chi connectivity index (χ0n) is 14.7. The Hall–Kier alpha value is -3.01. The molecule has 1 amide bonds. The van der Waals surface area contributed by atoms with Crippen LogP contribution in [0.15, 0.2) is 60.8 Å². The van der Waals surface area contributed by atoms with Crippen molar-refractivity contribution in [2.24, 2.45) is 0 Å². The van der Waals surface area contributed by atoms with Gasteiger partial charge < -0.3 is 4.90 Å². The maximum Gasteiger partial charge on any atom is 0.246 e. The minimum Gasteiger partial charge on any atom is -0.335 e. The lowest BCUT2D eigenvalue weighted by atomic mass is 10.1. The lowest BCUT2D eigenvalue weighted by molar-refractivity contribution is -0.126. The summed E-state index contributed by atoms with van der Waals surface area (Å²) in [6, 6.07) is 15.9. The molecule has 1 aromatic heterocycles. The van der Waals surface area contributed by atoms with Gasteiger partial charge in [0.1, 0.15) is 0 Å². The van der Waals surface area contributed by atoms with Gasteiger partial charge in [0.25, 0.3) is 0 Å². The number of para-hydroxylation sites is 2. The van der Waals surface area contributed by atoms with Crippen molar-refractivity contribution in [3.05, 3.63) is 77.6 Å². The largest absolute Gasteiger partial charge is 0.335 e. The molecule has 3 aromatic rings. The van der Waals surface area contributed by atoms with Crippen LogP contribution in [-0.4, -0.2) is 27.8 Å². The van der Waals surface area contributed by atoms with Crippen LogP contribution in [0.5, 0.6) is 0 Å². The molecule has 0 N–H and O–H groups in total. The highest BCUT2D eigenvalue weighted by molar-refractivity contribution is 5.91. The maximum atomic E-state index is 12.5. The third kappa shape index (κ3) is 3.91. The van der Waals surface area contributed by atoms with Crippen LogP contribution < -0.4 is 0 Å². The van der Waals surface area contributed by atoms with E-state index in [0.717, 1.165) is 16.6 Å².